The second-order valence-electron chi connectivity index (χ2n) is 4.59. The van der Waals surface area contributed by atoms with Gasteiger partial charge in [-0.15, -0.1) is 0 Å². The largest absolute Gasteiger partial charge is 0.307 e. The summed E-state index contributed by atoms with van der Waals surface area (Å²) in [4.78, 5) is 3.91. The Kier molecular flexibility index (Phi) is 5.76. The molecule has 114 valence electrons. The first-order valence-electron chi connectivity index (χ1n) is 6.50. The summed E-state index contributed by atoms with van der Waals surface area (Å²) in [6.07, 6.45) is 3.36. The first kappa shape index (κ1) is 17.2. The lowest BCUT2D eigenvalue weighted by molar-refractivity contribution is 0.341. The fraction of sp³-hybridized carbons (Fsp3) is 0.583. The van der Waals surface area contributed by atoms with Crippen molar-refractivity contribution in [2.24, 2.45) is 5.84 Å². The molecule has 0 bridgehead atoms. The van der Waals surface area contributed by atoms with Crippen LogP contribution in [-0.4, -0.2) is 18.9 Å². The SMILES string of the molecule is CCC(CC)(CC)NS(=O)(=O)c1cnc(NN)c(Cl)c1. The molecule has 20 heavy (non-hydrogen) atoms. The van der Waals surface area contributed by atoms with E-state index >= 15 is 0 Å². The highest BCUT2D eigenvalue weighted by Gasteiger charge is 2.30. The van der Waals surface area contributed by atoms with E-state index in [4.69, 9.17) is 17.4 Å². The molecule has 4 N–H and O–H groups in total. The normalized spacial score (nSPS) is 12.4. The van der Waals surface area contributed by atoms with Crippen LogP contribution in [0.15, 0.2) is 17.2 Å². The zero-order chi connectivity index (χ0) is 15.4. The molecular formula is C12H21ClN4O2S. The third kappa shape index (κ3) is 3.60. The predicted octanol–water partition coefficient (Wildman–Crippen LogP) is 2.27. The number of aromatic nitrogens is 1. The van der Waals surface area contributed by atoms with Crippen LogP contribution in [0, 0.1) is 0 Å². The van der Waals surface area contributed by atoms with Crippen molar-refractivity contribution in [3.8, 4) is 0 Å². The molecule has 0 spiro atoms. The Hall–Kier alpha value is -0.890. The molecule has 0 unspecified atom stereocenters. The minimum atomic E-state index is -3.67. The second kappa shape index (κ2) is 6.71. The van der Waals surface area contributed by atoms with Crippen molar-refractivity contribution in [1.29, 1.82) is 0 Å². The molecule has 8 heteroatoms. The molecule has 0 amide bonds. The molecule has 1 aromatic rings. The van der Waals surface area contributed by atoms with Gasteiger partial charge >= 0.3 is 0 Å². The molecule has 0 aliphatic heterocycles. The molecule has 0 atom stereocenters. The molecule has 0 radical (unpaired) electrons. The molecule has 0 saturated heterocycles. The zero-order valence-corrected chi connectivity index (χ0v) is 13.5. The second-order valence-corrected chi connectivity index (χ2v) is 6.68. The lowest BCUT2D eigenvalue weighted by Gasteiger charge is -2.31. The molecule has 6 nitrogen and oxygen atoms in total. The average molecular weight is 321 g/mol. The smallest absolute Gasteiger partial charge is 0.242 e. The van der Waals surface area contributed by atoms with E-state index in [1.54, 1.807) is 0 Å². The van der Waals surface area contributed by atoms with Crippen LogP contribution < -0.4 is 16.0 Å². The monoisotopic (exact) mass is 320 g/mol. The lowest BCUT2D eigenvalue weighted by Crippen LogP contribution is -2.46. The Morgan fingerprint density at radius 2 is 1.85 bits per heavy atom. The number of anilines is 1. The molecule has 1 heterocycles. The van der Waals surface area contributed by atoms with Gasteiger partial charge in [-0.1, -0.05) is 32.4 Å². The third-order valence-electron chi connectivity index (χ3n) is 3.64. The van der Waals surface area contributed by atoms with Gasteiger partial charge in [0.05, 0.1) is 5.02 Å². The van der Waals surface area contributed by atoms with Gasteiger partial charge in [0.2, 0.25) is 10.0 Å². The maximum Gasteiger partial charge on any atom is 0.242 e. The molecule has 0 fully saturated rings. The zero-order valence-electron chi connectivity index (χ0n) is 11.9. The van der Waals surface area contributed by atoms with Crippen molar-refractivity contribution < 1.29 is 8.42 Å². The van der Waals surface area contributed by atoms with Gasteiger partial charge in [0.15, 0.2) is 5.82 Å². The maximum atomic E-state index is 12.4. The Morgan fingerprint density at radius 1 is 1.30 bits per heavy atom. The minimum Gasteiger partial charge on any atom is -0.307 e. The summed E-state index contributed by atoms with van der Waals surface area (Å²) in [5, 5.41) is 0.158. The van der Waals surface area contributed by atoms with Gasteiger partial charge in [0.1, 0.15) is 4.90 Å². The first-order chi connectivity index (χ1) is 9.34. The van der Waals surface area contributed by atoms with Gasteiger partial charge in [-0.2, -0.15) is 0 Å². The number of hydrogen-bond donors (Lipinski definition) is 3. The maximum absolute atomic E-state index is 12.4. The van der Waals surface area contributed by atoms with Crippen molar-refractivity contribution in [3.05, 3.63) is 17.3 Å². The van der Waals surface area contributed by atoms with Crippen LogP contribution in [0.4, 0.5) is 5.82 Å². The summed E-state index contributed by atoms with van der Waals surface area (Å²) >= 11 is 5.91. The summed E-state index contributed by atoms with van der Waals surface area (Å²) in [5.74, 6) is 5.45. The summed E-state index contributed by atoms with van der Waals surface area (Å²) in [7, 11) is -3.67. The van der Waals surface area contributed by atoms with Crippen LogP contribution in [0.3, 0.4) is 0 Å². The molecule has 1 aromatic heterocycles. The van der Waals surface area contributed by atoms with Crippen LogP contribution in [0.2, 0.25) is 5.02 Å². The molecule has 0 saturated carbocycles. The fourth-order valence-corrected chi connectivity index (χ4v) is 3.85. The van der Waals surface area contributed by atoms with Gasteiger partial charge in [-0.25, -0.2) is 24.0 Å². The number of nitrogens with two attached hydrogens (primary N) is 1. The highest BCUT2D eigenvalue weighted by atomic mass is 35.5. The fourth-order valence-electron chi connectivity index (χ4n) is 1.98. The van der Waals surface area contributed by atoms with Gasteiger partial charge in [0, 0.05) is 11.7 Å². The van der Waals surface area contributed by atoms with E-state index in [0.717, 1.165) is 0 Å². The highest BCUT2D eigenvalue weighted by Crippen LogP contribution is 2.25. The van der Waals surface area contributed by atoms with Crippen LogP contribution in [-0.2, 0) is 10.0 Å². The predicted molar refractivity (Wildman–Crippen MR) is 81.0 cm³/mol. The number of rotatable bonds is 7. The van der Waals surface area contributed by atoms with Gasteiger partial charge in [-0.3, -0.25) is 0 Å². The number of nitrogens with one attached hydrogen (secondary N) is 2. The summed E-state index contributed by atoms with van der Waals surface area (Å²) < 4.78 is 27.6. The number of nitrogen functional groups attached to an aromatic ring is 1. The van der Waals surface area contributed by atoms with E-state index in [-0.39, 0.29) is 15.7 Å². The van der Waals surface area contributed by atoms with E-state index in [9.17, 15) is 8.42 Å². The van der Waals surface area contributed by atoms with Crippen LogP contribution in [0.5, 0.6) is 0 Å². The summed E-state index contributed by atoms with van der Waals surface area (Å²) in [6, 6.07) is 1.33. The Morgan fingerprint density at radius 3 is 2.25 bits per heavy atom. The first-order valence-corrected chi connectivity index (χ1v) is 8.36. The van der Waals surface area contributed by atoms with E-state index in [0.29, 0.717) is 19.3 Å². The number of halogens is 1. The summed E-state index contributed by atoms with van der Waals surface area (Å²) in [6.45, 7) is 5.88. The van der Waals surface area contributed by atoms with E-state index in [1.165, 1.54) is 12.3 Å². The van der Waals surface area contributed by atoms with Crippen LogP contribution in [0.25, 0.3) is 0 Å². The molecule has 0 aliphatic rings. The van der Waals surface area contributed by atoms with Crippen molar-refractivity contribution in [2.75, 3.05) is 5.43 Å². The third-order valence-corrected chi connectivity index (χ3v) is 5.48. The van der Waals surface area contributed by atoms with Crippen LogP contribution in [0.1, 0.15) is 40.0 Å². The topological polar surface area (TPSA) is 97.1 Å². The summed E-state index contributed by atoms with van der Waals surface area (Å²) in [5.41, 5.74) is 1.85. The van der Waals surface area contributed by atoms with Crippen LogP contribution >= 0.6 is 11.6 Å². The number of sulfonamides is 1. The Labute approximate surface area is 125 Å². The van der Waals surface area contributed by atoms with E-state index in [1.807, 2.05) is 20.8 Å². The molecule has 1 rings (SSSR count). The molecular weight excluding hydrogens is 300 g/mol. The Balaban J connectivity index is 3.14. The highest BCUT2D eigenvalue weighted by molar-refractivity contribution is 7.89. The average Bonchev–Trinajstić information content (AvgIpc) is 2.44. The minimum absolute atomic E-state index is 0.0289. The van der Waals surface area contributed by atoms with Gasteiger partial charge in [0.25, 0.3) is 0 Å². The number of hydrogen-bond acceptors (Lipinski definition) is 5. The number of nitrogens with zero attached hydrogens (tertiary/aromatic N) is 1. The van der Waals surface area contributed by atoms with Crippen molar-refractivity contribution in [3.63, 3.8) is 0 Å². The quantitative estimate of drug-likeness (QED) is 0.529. The molecule has 0 aliphatic carbocycles. The lowest BCUT2D eigenvalue weighted by atomic mass is 9.91. The van der Waals surface area contributed by atoms with Gasteiger partial charge in [-0.05, 0) is 25.3 Å². The van der Waals surface area contributed by atoms with E-state index < -0.39 is 15.6 Å². The number of hydrazine groups is 1. The van der Waals surface area contributed by atoms with Crippen molar-refractivity contribution >= 4 is 27.4 Å². The van der Waals surface area contributed by atoms with E-state index in [2.05, 4.69) is 15.1 Å². The molecule has 0 aromatic carbocycles. The Bertz CT molecular complexity index is 550. The van der Waals surface area contributed by atoms with Crippen molar-refractivity contribution in [1.82, 2.24) is 9.71 Å². The standard InChI is InChI=1S/C12H21ClN4O2S/c1-4-12(5-2,6-3)17-20(18,19)9-7-10(13)11(16-14)15-8-9/h7-8,17H,4-6,14H2,1-3H3,(H,15,16). The van der Waals surface area contributed by atoms with Gasteiger partial charge < -0.3 is 5.43 Å². The number of pyridine rings is 1. The van der Waals surface area contributed by atoms with Crippen molar-refractivity contribution in [2.45, 2.75) is 50.5 Å².